The molecule has 0 aliphatic heterocycles. The number of methoxy groups -OCH3 is 1. The summed E-state index contributed by atoms with van der Waals surface area (Å²) in [5, 5.41) is 4.39. The minimum absolute atomic E-state index is 0.318. The van der Waals surface area contributed by atoms with Crippen LogP contribution in [0.4, 0.5) is 5.69 Å². The molecule has 0 saturated carbocycles. The third kappa shape index (κ3) is 3.01. The Labute approximate surface area is 131 Å². The zero-order chi connectivity index (χ0) is 14.8. The zero-order valence-corrected chi connectivity index (χ0v) is 13.2. The summed E-state index contributed by atoms with van der Waals surface area (Å²) in [4.78, 5) is 0. The van der Waals surface area contributed by atoms with E-state index in [0.29, 0.717) is 6.04 Å². The van der Waals surface area contributed by atoms with Crippen LogP contribution in [0.15, 0.2) is 36.4 Å². The number of fused-ring (bicyclic) bond motifs is 1. The Morgan fingerprint density at radius 2 is 2.05 bits per heavy atom. The Balaban J connectivity index is 1.90. The molecule has 1 unspecified atom stereocenters. The van der Waals surface area contributed by atoms with E-state index in [-0.39, 0.29) is 0 Å². The van der Waals surface area contributed by atoms with Gasteiger partial charge in [-0.3, -0.25) is 0 Å². The minimum atomic E-state index is 0.318. The van der Waals surface area contributed by atoms with Crippen molar-refractivity contribution in [2.75, 3.05) is 12.4 Å². The molecule has 1 aliphatic carbocycles. The molecule has 3 rings (SSSR count). The largest absolute Gasteiger partial charge is 0.497 e. The maximum absolute atomic E-state index is 6.31. The number of rotatable bonds is 3. The van der Waals surface area contributed by atoms with Crippen molar-refractivity contribution in [3.8, 4) is 5.75 Å². The molecule has 0 heterocycles. The summed E-state index contributed by atoms with van der Waals surface area (Å²) in [5.74, 6) is 0.933. The Bertz CT molecular complexity index is 654. The molecule has 3 heteroatoms. The van der Waals surface area contributed by atoms with E-state index in [0.717, 1.165) is 29.3 Å². The zero-order valence-electron chi connectivity index (χ0n) is 12.4. The molecular weight excluding hydrogens is 282 g/mol. The van der Waals surface area contributed by atoms with Crippen LogP contribution in [0.2, 0.25) is 5.02 Å². The number of hydrogen-bond donors (Lipinski definition) is 1. The number of halogens is 1. The van der Waals surface area contributed by atoms with Gasteiger partial charge in [-0.1, -0.05) is 23.7 Å². The fraction of sp³-hybridized carbons (Fsp3) is 0.333. The summed E-state index contributed by atoms with van der Waals surface area (Å²) in [6.07, 6.45) is 3.43. The normalized spacial score (nSPS) is 17.2. The van der Waals surface area contributed by atoms with Gasteiger partial charge in [-0.05, 0) is 67.1 Å². The summed E-state index contributed by atoms with van der Waals surface area (Å²) in [7, 11) is 1.72. The van der Waals surface area contributed by atoms with Crippen LogP contribution in [0.5, 0.6) is 5.75 Å². The average molecular weight is 302 g/mol. The van der Waals surface area contributed by atoms with Crippen LogP contribution in [-0.2, 0) is 6.42 Å². The monoisotopic (exact) mass is 301 g/mol. The number of hydrogen-bond acceptors (Lipinski definition) is 2. The van der Waals surface area contributed by atoms with Gasteiger partial charge < -0.3 is 10.1 Å². The minimum Gasteiger partial charge on any atom is -0.497 e. The van der Waals surface area contributed by atoms with Crippen molar-refractivity contribution in [2.24, 2.45) is 0 Å². The summed E-state index contributed by atoms with van der Waals surface area (Å²) in [5.41, 5.74) is 4.97. The van der Waals surface area contributed by atoms with Gasteiger partial charge in [0.1, 0.15) is 5.75 Å². The van der Waals surface area contributed by atoms with E-state index in [4.69, 9.17) is 16.3 Å². The third-order valence-corrected chi connectivity index (χ3v) is 4.45. The Morgan fingerprint density at radius 3 is 2.86 bits per heavy atom. The molecule has 0 fully saturated rings. The van der Waals surface area contributed by atoms with Gasteiger partial charge in [0.15, 0.2) is 0 Å². The number of anilines is 1. The van der Waals surface area contributed by atoms with Crippen molar-refractivity contribution in [2.45, 2.75) is 32.2 Å². The first-order valence-electron chi connectivity index (χ1n) is 7.37. The van der Waals surface area contributed by atoms with Gasteiger partial charge in [-0.2, -0.15) is 0 Å². The molecule has 2 nitrogen and oxygen atoms in total. The molecule has 1 aliphatic rings. The lowest BCUT2D eigenvalue weighted by atomic mass is 9.87. The molecule has 2 aromatic carbocycles. The standard InChI is InChI=1S/C18H20ClNO/c1-12-6-9-16(19)18(10-12)20-17-5-3-4-13-11-14(21-2)7-8-15(13)17/h6-11,17,20H,3-5H2,1-2H3. The van der Waals surface area contributed by atoms with Gasteiger partial charge in [0.25, 0.3) is 0 Å². The smallest absolute Gasteiger partial charge is 0.119 e. The maximum atomic E-state index is 6.31. The predicted molar refractivity (Wildman–Crippen MR) is 88.5 cm³/mol. The molecule has 0 aromatic heterocycles. The van der Waals surface area contributed by atoms with Crippen molar-refractivity contribution >= 4 is 17.3 Å². The molecule has 110 valence electrons. The van der Waals surface area contributed by atoms with Crippen LogP contribution < -0.4 is 10.1 Å². The molecule has 1 atom stereocenters. The van der Waals surface area contributed by atoms with E-state index < -0.39 is 0 Å². The van der Waals surface area contributed by atoms with Crippen LogP contribution in [0, 0.1) is 6.92 Å². The molecule has 0 spiro atoms. The van der Waals surface area contributed by atoms with Crippen LogP contribution in [-0.4, -0.2) is 7.11 Å². The Hall–Kier alpha value is -1.67. The molecule has 0 bridgehead atoms. The highest BCUT2D eigenvalue weighted by Crippen LogP contribution is 2.36. The van der Waals surface area contributed by atoms with E-state index in [9.17, 15) is 0 Å². The molecule has 0 radical (unpaired) electrons. The lowest BCUT2D eigenvalue weighted by Gasteiger charge is -2.28. The second-order valence-electron chi connectivity index (χ2n) is 5.64. The van der Waals surface area contributed by atoms with Crippen LogP contribution in [0.3, 0.4) is 0 Å². The lowest BCUT2D eigenvalue weighted by Crippen LogP contribution is -2.17. The highest BCUT2D eigenvalue weighted by Gasteiger charge is 2.21. The van der Waals surface area contributed by atoms with Gasteiger partial charge in [-0.15, -0.1) is 0 Å². The van der Waals surface area contributed by atoms with Gasteiger partial charge in [0.05, 0.1) is 23.9 Å². The van der Waals surface area contributed by atoms with E-state index in [1.807, 2.05) is 18.2 Å². The Morgan fingerprint density at radius 1 is 1.19 bits per heavy atom. The van der Waals surface area contributed by atoms with Crippen molar-refractivity contribution in [1.29, 1.82) is 0 Å². The highest BCUT2D eigenvalue weighted by molar-refractivity contribution is 6.33. The van der Waals surface area contributed by atoms with Gasteiger partial charge in [0, 0.05) is 0 Å². The predicted octanol–water partition coefficient (Wildman–Crippen LogP) is 5.15. The first-order chi connectivity index (χ1) is 10.2. The number of nitrogens with one attached hydrogen (secondary N) is 1. The molecule has 0 saturated heterocycles. The summed E-state index contributed by atoms with van der Waals surface area (Å²) in [6.45, 7) is 2.08. The van der Waals surface area contributed by atoms with Crippen LogP contribution in [0.1, 0.15) is 35.6 Å². The number of ether oxygens (including phenoxy) is 1. The lowest BCUT2D eigenvalue weighted by molar-refractivity contribution is 0.413. The summed E-state index contributed by atoms with van der Waals surface area (Å²) >= 11 is 6.31. The van der Waals surface area contributed by atoms with Crippen molar-refractivity contribution < 1.29 is 4.74 Å². The number of aryl methyl sites for hydroxylation is 2. The Kier molecular flexibility index (Phi) is 4.07. The maximum Gasteiger partial charge on any atom is 0.119 e. The van der Waals surface area contributed by atoms with E-state index in [1.54, 1.807) is 7.11 Å². The third-order valence-electron chi connectivity index (χ3n) is 4.12. The van der Waals surface area contributed by atoms with Crippen LogP contribution >= 0.6 is 11.6 Å². The van der Waals surface area contributed by atoms with Crippen LogP contribution in [0.25, 0.3) is 0 Å². The summed E-state index contributed by atoms with van der Waals surface area (Å²) in [6, 6.07) is 12.8. The van der Waals surface area contributed by atoms with E-state index in [2.05, 4.69) is 30.4 Å². The van der Waals surface area contributed by atoms with Gasteiger partial charge in [-0.25, -0.2) is 0 Å². The fourth-order valence-electron chi connectivity index (χ4n) is 3.01. The van der Waals surface area contributed by atoms with Crippen molar-refractivity contribution in [1.82, 2.24) is 0 Å². The second kappa shape index (κ2) is 5.98. The molecule has 1 N–H and O–H groups in total. The summed E-state index contributed by atoms with van der Waals surface area (Å²) < 4.78 is 5.33. The van der Waals surface area contributed by atoms with Gasteiger partial charge >= 0.3 is 0 Å². The topological polar surface area (TPSA) is 21.3 Å². The first-order valence-corrected chi connectivity index (χ1v) is 7.74. The average Bonchev–Trinajstić information content (AvgIpc) is 2.50. The van der Waals surface area contributed by atoms with Crippen molar-refractivity contribution in [3.63, 3.8) is 0 Å². The SMILES string of the molecule is COc1ccc2c(c1)CCCC2Nc1cc(C)ccc1Cl. The first kappa shape index (κ1) is 14.3. The molecule has 0 amide bonds. The quantitative estimate of drug-likeness (QED) is 0.847. The molecule has 21 heavy (non-hydrogen) atoms. The van der Waals surface area contributed by atoms with Crippen molar-refractivity contribution in [3.05, 3.63) is 58.1 Å². The second-order valence-corrected chi connectivity index (χ2v) is 6.04. The fourth-order valence-corrected chi connectivity index (χ4v) is 3.18. The number of benzene rings is 2. The van der Waals surface area contributed by atoms with E-state index in [1.165, 1.54) is 23.1 Å². The molecule has 2 aromatic rings. The highest BCUT2D eigenvalue weighted by atomic mass is 35.5. The van der Waals surface area contributed by atoms with Gasteiger partial charge in [0.2, 0.25) is 0 Å². The van der Waals surface area contributed by atoms with E-state index >= 15 is 0 Å². The molecular formula is C18H20ClNO.